The molecule has 0 bridgehead atoms. The number of nitrogens with one attached hydrogen (secondary N) is 2. The maximum Gasteiger partial charge on any atom is 0.573 e. The standard InChI is InChI=1S/C31H33F3N6O2S/c1-5-23-10-7-20(3)17-27(23)37-30(43-6-2)38-29(41)36-21(4)18-22-8-11-24(12-9-22)28-35-19-40(39-28)25-13-15-26(16-14-25)42-31(32,33)34/h7-17,19,21H,5-6,18H2,1-4H3,(H2,36,37,38,41). The van der Waals surface area contributed by atoms with E-state index in [1.807, 2.05) is 45.0 Å². The van der Waals surface area contributed by atoms with Crippen molar-refractivity contribution in [2.45, 2.75) is 52.9 Å². The minimum atomic E-state index is -4.75. The molecule has 0 spiro atoms. The van der Waals surface area contributed by atoms with E-state index in [0.29, 0.717) is 23.1 Å². The van der Waals surface area contributed by atoms with Crippen molar-refractivity contribution in [1.82, 2.24) is 20.1 Å². The third kappa shape index (κ3) is 9.34. The molecule has 1 atom stereocenters. The average molecular weight is 611 g/mol. The Morgan fingerprint density at radius 1 is 1.07 bits per heavy atom. The molecule has 0 aliphatic carbocycles. The van der Waals surface area contributed by atoms with Crippen LogP contribution in [0.5, 0.6) is 5.75 Å². The van der Waals surface area contributed by atoms with E-state index in [9.17, 15) is 18.0 Å². The number of nitrogens with zero attached hydrogens (tertiary/aromatic N) is 4. The van der Waals surface area contributed by atoms with Crippen LogP contribution in [0.4, 0.5) is 23.7 Å². The number of amides is 2. The molecule has 43 heavy (non-hydrogen) atoms. The summed E-state index contributed by atoms with van der Waals surface area (Å²) in [6.07, 6.45) is -1.80. The topological polar surface area (TPSA) is 93.4 Å². The van der Waals surface area contributed by atoms with Gasteiger partial charge in [-0.3, -0.25) is 0 Å². The Bertz CT molecular complexity index is 1550. The zero-order valence-electron chi connectivity index (χ0n) is 24.3. The first-order valence-corrected chi connectivity index (χ1v) is 14.8. The number of benzene rings is 3. The number of hydrogen-bond acceptors (Lipinski definition) is 5. The summed E-state index contributed by atoms with van der Waals surface area (Å²) >= 11 is 1.48. The van der Waals surface area contributed by atoms with Gasteiger partial charge in [-0.05, 0) is 79.5 Å². The van der Waals surface area contributed by atoms with Crippen molar-refractivity contribution in [1.29, 1.82) is 0 Å². The summed E-state index contributed by atoms with van der Waals surface area (Å²) in [6.45, 7) is 8.05. The van der Waals surface area contributed by atoms with Crippen LogP contribution in [0.25, 0.3) is 17.1 Å². The molecule has 2 amide bonds. The van der Waals surface area contributed by atoms with Crippen LogP contribution < -0.4 is 15.4 Å². The van der Waals surface area contributed by atoms with Gasteiger partial charge in [0.05, 0.1) is 5.69 Å². The SMILES string of the molecule is CCS/C(=N\C(=O)NC(C)Cc1ccc(-c2ncn(-c3ccc(OC(F)(F)F)cc3)n2)cc1)Nc1cc(C)ccc1CC. The fourth-order valence-electron chi connectivity index (χ4n) is 4.31. The Balaban J connectivity index is 1.35. The molecule has 1 heterocycles. The van der Waals surface area contributed by atoms with Gasteiger partial charge >= 0.3 is 12.4 Å². The van der Waals surface area contributed by atoms with Gasteiger partial charge in [0.1, 0.15) is 12.1 Å². The number of halogens is 3. The normalized spacial score (nSPS) is 12.6. The zero-order valence-corrected chi connectivity index (χ0v) is 25.1. The van der Waals surface area contributed by atoms with E-state index in [2.05, 4.69) is 55.6 Å². The maximum atomic E-state index is 12.8. The van der Waals surface area contributed by atoms with Gasteiger partial charge in [-0.15, -0.1) is 18.3 Å². The molecule has 1 unspecified atom stereocenters. The molecule has 1 aromatic heterocycles. The Morgan fingerprint density at radius 3 is 2.44 bits per heavy atom. The monoisotopic (exact) mass is 610 g/mol. The number of aromatic nitrogens is 3. The van der Waals surface area contributed by atoms with Crippen LogP contribution in [0, 0.1) is 6.92 Å². The van der Waals surface area contributed by atoms with Crippen LogP contribution in [0.15, 0.2) is 78.0 Å². The summed E-state index contributed by atoms with van der Waals surface area (Å²) in [5.74, 6) is 0.922. The number of hydrogen-bond donors (Lipinski definition) is 2. The second-order valence-corrected chi connectivity index (χ2v) is 11.0. The van der Waals surface area contributed by atoms with Crippen molar-refractivity contribution in [2.24, 2.45) is 4.99 Å². The predicted molar refractivity (Wildman–Crippen MR) is 165 cm³/mol. The third-order valence-corrected chi connectivity index (χ3v) is 7.08. The lowest BCUT2D eigenvalue weighted by Gasteiger charge is -2.15. The summed E-state index contributed by atoms with van der Waals surface area (Å²) < 4.78 is 42.6. The number of aliphatic imine (C=N–C) groups is 1. The number of urea groups is 1. The van der Waals surface area contributed by atoms with Crippen LogP contribution in [0.3, 0.4) is 0 Å². The number of aryl methyl sites for hydroxylation is 2. The van der Waals surface area contributed by atoms with Gasteiger partial charge in [-0.1, -0.05) is 62.0 Å². The van der Waals surface area contributed by atoms with Gasteiger partial charge < -0.3 is 15.4 Å². The van der Waals surface area contributed by atoms with Crippen molar-refractivity contribution in [3.05, 3.63) is 89.7 Å². The number of carbonyl (C=O) groups is 1. The lowest BCUT2D eigenvalue weighted by Crippen LogP contribution is -2.33. The van der Waals surface area contributed by atoms with E-state index in [-0.39, 0.29) is 11.8 Å². The summed E-state index contributed by atoms with van der Waals surface area (Å²) in [5.41, 5.74) is 5.56. The Labute approximate surface area is 252 Å². The van der Waals surface area contributed by atoms with E-state index >= 15 is 0 Å². The molecule has 4 rings (SSSR count). The molecule has 8 nitrogen and oxygen atoms in total. The molecule has 0 saturated heterocycles. The number of thioether (sulfide) groups is 1. The summed E-state index contributed by atoms with van der Waals surface area (Å²) in [7, 11) is 0. The Kier molecular flexibility index (Phi) is 10.5. The van der Waals surface area contributed by atoms with Crippen molar-refractivity contribution >= 4 is 28.6 Å². The predicted octanol–water partition coefficient (Wildman–Crippen LogP) is 7.57. The molecular weight excluding hydrogens is 577 g/mol. The van der Waals surface area contributed by atoms with Crippen molar-refractivity contribution in [2.75, 3.05) is 11.1 Å². The van der Waals surface area contributed by atoms with Crippen LogP contribution in [-0.4, -0.2) is 44.1 Å². The average Bonchev–Trinajstić information content (AvgIpc) is 3.43. The highest BCUT2D eigenvalue weighted by atomic mass is 32.2. The van der Waals surface area contributed by atoms with E-state index in [1.165, 1.54) is 47.0 Å². The molecular formula is C31H33F3N6O2S. The molecule has 4 aromatic rings. The molecule has 12 heteroatoms. The molecule has 0 aliphatic rings. The Morgan fingerprint density at radius 2 is 1.79 bits per heavy atom. The maximum absolute atomic E-state index is 12.8. The molecule has 3 aromatic carbocycles. The number of anilines is 1. The number of carbonyl (C=O) groups excluding carboxylic acids is 1. The third-order valence-electron chi connectivity index (χ3n) is 6.32. The number of ether oxygens (including phenoxy) is 1. The van der Waals surface area contributed by atoms with Gasteiger partial charge in [0.15, 0.2) is 11.0 Å². The van der Waals surface area contributed by atoms with Crippen LogP contribution in [0.2, 0.25) is 0 Å². The number of alkyl halides is 3. The molecule has 226 valence electrons. The zero-order chi connectivity index (χ0) is 31.0. The van der Waals surface area contributed by atoms with Crippen LogP contribution in [-0.2, 0) is 12.8 Å². The van der Waals surface area contributed by atoms with E-state index < -0.39 is 12.4 Å². The fourth-order valence-corrected chi connectivity index (χ4v) is 4.92. The van der Waals surface area contributed by atoms with Gasteiger partial charge in [0.25, 0.3) is 0 Å². The van der Waals surface area contributed by atoms with E-state index in [1.54, 1.807) is 0 Å². The van der Waals surface area contributed by atoms with Crippen molar-refractivity contribution in [3.8, 4) is 22.8 Å². The van der Waals surface area contributed by atoms with Gasteiger partial charge in [0, 0.05) is 17.3 Å². The van der Waals surface area contributed by atoms with Gasteiger partial charge in [0.2, 0.25) is 0 Å². The van der Waals surface area contributed by atoms with Gasteiger partial charge in [-0.2, -0.15) is 4.99 Å². The van der Waals surface area contributed by atoms with Gasteiger partial charge in [-0.25, -0.2) is 14.5 Å². The van der Waals surface area contributed by atoms with E-state index in [4.69, 9.17) is 0 Å². The number of rotatable bonds is 9. The van der Waals surface area contributed by atoms with Crippen LogP contribution in [0.1, 0.15) is 37.5 Å². The first-order valence-electron chi connectivity index (χ1n) is 13.8. The fraction of sp³-hybridized carbons (Fsp3) is 0.290. The summed E-state index contributed by atoms with van der Waals surface area (Å²) in [4.78, 5) is 21.4. The highest BCUT2D eigenvalue weighted by Crippen LogP contribution is 2.24. The lowest BCUT2D eigenvalue weighted by atomic mass is 10.1. The smallest absolute Gasteiger partial charge is 0.406 e. The van der Waals surface area contributed by atoms with Crippen LogP contribution >= 0.6 is 11.8 Å². The van der Waals surface area contributed by atoms with Crippen molar-refractivity contribution < 1.29 is 22.7 Å². The molecule has 0 aliphatic heterocycles. The summed E-state index contributed by atoms with van der Waals surface area (Å²) in [6, 6.07) is 18.7. The minimum absolute atomic E-state index is 0.165. The largest absolute Gasteiger partial charge is 0.573 e. The molecule has 2 N–H and O–H groups in total. The lowest BCUT2D eigenvalue weighted by molar-refractivity contribution is -0.274. The highest BCUT2D eigenvalue weighted by molar-refractivity contribution is 8.14. The van der Waals surface area contributed by atoms with Crippen molar-refractivity contribution in [3.63, 3.8) is 0 Å². The summed E-state index contributed by atoms with van der Waals surface area (Å²) in [5, 5.41) is 11.3. The molecule has 0 saturated carbocycles. The second-order valence-electron chi connectivity index (χ2n) is 9.80. The first kappa shape index (κ1) is 31.6. The number of amidine groups is 1. The molecule has 0 radical (unpaired) electrons. The second kappa shape index (κ2) is 14.2. The minimum Gasteiger partial charge on any atom is -0.406 e. The van der Waals surface area contributed by atoms with E-state index in [0.717, 1.165) is 40.1 Å². The molecule has 0 fully saturated rings. The quantitative estimate of drug-likeness (QED) is 0.150. The Hall–Kier alpha value is -4.32. The highest BCUT2D eigenvalue weighted by Gasteiger charge is 2.31. The first-order chi connectivity index (χ1) is 20.5.